The van der Waals surface area contributed by atoms with E-state index in [1.54, 1.807) is 0 Å². The quantitative estimate of drug-likeness (QED) is 0.836. The van der Waals surface area contributed by atoms with Crippen LogP contribution >= 0.6 is 11.6 Å². The molecule has 1 aromatic carbocycles. The molecular formula is C16H20ClFN2O3. The Balaban J connectivity index is 1.95. The lowest BCUT2D eigenvalue weighted by Gasteiger charge is -2.34. The number of amides is 1. The molecule has 126 valence electrons. The number of rotatable bonds is 5. The molecular weight excluding hydrogens is 323 g/mol. The largest absolute Gasteiger partial charge is 0.469 e. The summed E-state index contributed by atoms with van der Waals surface area (Å²) in [5.41, 5.74) is 0.375. The zero-order chi connectivity index (χ0) is 16.8. The summed E-state index contributed by atoms with van der Waals surface area (Å²) in [6.45, 7) is 0.918. The fourth-order valence-corrected chi connectivity index (χ4v) is 2.95. The zero-order valence-corrected chi connectivity index (χ0v) is 13.7. The summed E-state index contributed by atoms with van der Waals surface area (Å²) < 4.78 is 17.7. The maximum atomic E-state index is 13.0. The van der Waals surface area contributed by atoms with Gasteiger partial charge in [-0.2, -0.15) is 0 Å². The number of likely N-dealkylation sites (tertiary alicyclic amines) is 1. The highest BCUT2D eigenvalue weighted by molar-refractivity contribution is 6.33. The molecule has 1 heterocycles. The molecule has 0 aromatic heterocycles. The standard InChI is InChI=1S/C16H20ClFN2O3/c1-23-16(22)9-12-4-2-3-7-20(12)10-15(21)19-14-6-5-11(18)8-13(14)17/h5-6,8,12H,2-4,7,9-10H2,1H3,(H,19,21)/t12-/m0/s1. The van der Waals surface area contributed by atoms with Gasteiger partial charge in [-0.05, 0) is 37.6 Å². The summed E-state index contributed by atoms with van der Waals surface area (Å²) in [6, 6.07) is 3.82. The van der Waals surface area contributed by atoms with E-state index in [0.29, 0.717) is 5.69 Å². The molecule has 0 bridgehead atoms. The number of carbonyl (C=O) groups excluding carboxylic acids is 2. The van der Waals surface area contributed by atoms with Crippen LogP contribution in [0.5, 0.6) is 0 Å². The van der Waals surface area contributed by atoms with Crippen LogP contribution in [0, 0.1) is 5.82 Å². The third kappa shape index (κ3) is 5.18. The molecule has 1 aromatic rings. The minimum Gasteiger partial charge on any atom is -0.469 e. The molecule has 1 N–H and O–H groups in total. The Hall–Kier alpha value is -1.66. The predicted molar refractivity (Wildman–Crippen MR) is 85.9 cm³/mol. The predicted octanol–water partition coefficient (Wildman–Crippen LogP) is 2.84. The minimum absolute atomic E-state index is 0.00522. The molecule has 0 spiro atoms. The van der Waals surface area contributed by atoms with E-state index < -0.39 is 5.82 Å². The second kappa shape index (κ2) is 8.26. The first-order chi connectivity index (χ1) is 11.0. The van der Waals surface area contributed by atoms with E-state index in [1.165, 1.54) is 19.2 Å². The van der Waals surface area contributed by atoms with Crippen LogP contribution in [-0.2, 0) is 14.3 Å². The fourth-order valence-electron chi connectivity index (χ4n) is 2.74. The van der Waals surface area contributed by atoms with E-state index in [0.717, 1.165) is 31.9 Å². The summed E-state index contributed by atoms with van der Waals surface area (Å²) in [6.07, 6.45) is 3.16. The lowest BCUT2D eigenvalue weighted by molar-refractivity contribution is -0.142. The Morgan fingerprint density at radius 1 is 1.43 bits per heavy atom. The van der Waals surface area contributed by atoms with Crippen molar-refractivity contribution in [3.63, 3.8) is 0 Å². The molecule has 1 aliphatic heterocycles. The van der Waals surface area contributed by atoms with Gasteiger partial charge in [0.15, 0.2) is 0 Å². The maximum absolute atomic E-state index is 13.0. The molecule has 7 heteroatoms. The van der Waals surface area contributed by atoms with Crippen LogP contribution in [0.1, 0.15) is 25.7 Å². The molecule has 2 rings (SSSR count). The number of piperidine rings is 1. The number of ether oxygens (including phenoxy) is 1. The average molecular weight is 343 g/mol. The van der Waals surface area contributed by atoms with Crippen molar-refractivity contribution in [3.05, 3.63) is 29.0 Å². The van der Waals surface area contributed by atoms with Gasteiger partial charge in [0, 0.05) is 6.04 Å². The molecule has 0 saturated carbocycles. The molecule has 5 nitrogen and oxygen atoms in total. The second-order valence-corrected chi connectivity index (χ2v) is 5.98. The van der Waals surface area contributed by atoms with Crippen molar-refractivity contribution in [2.24, 2.45) is 0 Å². The Morgan fingerprint density at radius 2 is 2.22 bits per heavy atom. The summed E-state index contributed by atoms with van der Waals surface area (Å²) in [5.74, 6) is -0.971. The molecule has 0 aliphatic carbocycles. The van der Waals surface area contributed by atoms with Gasteiger partial charge in [0.05, 0.1) is 30.8 Å². The first kappa shape index (κ1) is 17.7. The van der Waals surface area contributed by atoms with Crippen LogP contribution in [-0.4, -0.2) is 43.0 Å². The van der Waals surface area contributed by atoms with Gasteiger partial charge >= 0.3 is 5.97 Å². The van der Waals surface area contributed by atoms with Crippen LogP contribution < -0.4 is 5.32 Å². The highest BCUT2D eigenvalue weighted by Crippen LogP contribution is 2.23. The number of hydrogen-bond acceptors (Lipinski definition) is 4. The van der Waals surface area contributed by atoms with Gasteiger partial charge in [0.1, 0.15) is 5.82 Å². The van der Waals surface area contributed by atoms with E-state index in [2.05, 4.69) is 5.32 Å². The third-order valence-electron chi connectivity index (χ3n) is 3.93. The Kier molecular flexibility index (Phi) is 6.36. The van der Waals surface area contributed by atoms with E-state index in [4.69, 9.17) is 16.3 Å². The normalized spacial score (nSPS) is 18.5. The van der Waals surface area contributed by atoms with Crippen LogP contribution in [0.25, 0.3) is 0 Å². The van der Waals surface area contributed by atoms with E-state index >= 15 is 0 Å². The van der Waals surface area contributed by atoms with Crippen LogP contribution in [0.3, 0.4) is 0 Å². The summed E-state index contributed by atoms with van der Waals surface area (Å²) in [4.78, 5) is 25.7. The Morgan fingerprint density at radius 3 is 2.91 bits per heavy atom. The first-order valence-corrected chi connectivity index (χ1v) is 7.93. The van der Waals surface area contributed by atoms with Crippen molar-refractivity contribution in [2.45, 2.75) is 31.7 Å². The van der Waals surface area contributed by atoms with Crippen molar-refractivity contribution in [3.8, 4) is 0 Å². The monoisotopic (exact) mass is 342 g/mol. The molecule has 1 fully saturated rings. The van der Waals surface area contributed by atoms with Crippen molar-refractivity contribution in [1.82, 2.24) is 4.90 Å². The number of halogens is 2. The van der Waals surface area contributed by atoms with Crippen molar-refractivity contribution < 1.29 is 18.7 Å². The van der Waals surface area contributed by atoms with E-state index in [9.17, 15) is 14.0 Å². The SMILES string of the molecule is COC(=O)C[C@@H]1CCCCN1CC(=O)Nc1ccc(F)cc1Cl. The summed E-state index contributed by atoms with van der Waals surface area (Å²) in [7, 11) is 1.36. The number of anilines is 1. The topological polar surface area (TPSA) is 58.6 Å². The van der Waals surface area contributed by atoms with Crippen LogP contribution in [0.15, 0.2) is 18.2 Å². The molecule has 1 aliphatic rings. The van der Waals surface area contributed by atoms with Gasteiger partial charge in [-0.1, -0.05) is 18.0 Å². The number of benzene rings is 1. The number of hydrogen-bond donors (Lipinski definition) is 1. The number of methoxy groups -OCH3 is 1. The van der Waals surface area contributed by atoms with Gasteiger partial charge < -0.3 is 10.1 Å². The van der Waals surface area contributed by atoms with Gasteiger partial charge in [-0.15, -0.1) is 0 Å². The molecule has 0 unspecified atom stereocenters. The lowest BCUT2D eigenvalue weighted by atomic mass is 9.99. The summed E-state index contributed by atoms with van der Waals surface area (Å²) in [5, 5.41) is 2.83. The first-order valence-electron chi connectivity index (χ1n) is 7.55. The van der Waals surface area contributed by atoms with Crippen LogP contribution in [0.2, 0.25) is 5.02 Å². The van der Waals surface area contributed by atoms with Crippen LogP contribution in [0.4, 0.5) is 10.1 Å². The number of carbonyl (C=O) groups is 2. The van der Waals surface area contributed by atoms with Gasteiger partial charge in [0.2, 0.25) is 5.91 Å². The highest BCUT2D eigenvalue weighted by Gasteiger charge is 2.26. The smallest absolute Gasteiger partial charge is 0.307 e. The third-order valence-corrected chi connectivity index (χ3v) is 4.24. The molecule has 0 radical (unpaired) electrons. The average Bonchev–Trinajstić information content (AvgIpc) is 2.52. The highest BCUT2D eigenvalue weighted by atomic mass is 35.5. The number of nitrogens with one attached hydrogen (secondary N) is 1. The van der Waals surface area contributed by atoms with Gasteiger partial charge in [-0.3, -0.25) is 14.5 Å². The Labute approximate surface area is 139 Å². The minimum atomic E-state index is -0.456. The van der Waals surface area contributed by atoms with E-state index in [-0.39, 0.29) is 35.9 Å². The van der Waals surface area contributed by atoms with Gasteiger partial charge in [-0.25, -0.2) is 4.39 Å². The van der Waals surface area contributed by atoms with Crippen molar-refractivity contribution >= 4 is 29.2 Å². The Bertz CT molecular complexity index is 582. The number of nitrogens with zero attached hydrogens (tertiary/aromatic N) is 1. The molecule has 1 saturated heterocycles. The zero-order valence-electron chi connectivity index (χ0n) is 13.0. The van der Waals surface area contributed by atoms with Gasteiger partial charge in [0.25, 0.3) is 0 Å². The lowest BCUT2D eigenvalue weighted by Crippen LogP contribution is -2.45. The molecule has 1 amide bonds. The van der Waals surface area contributed by atoms with E-state index in [1.807, 2.05) is 4.90 Å². The molecule has 23 heavy (non-hydrogen) atoms. The second-order valence-electron chi connectivity index (χ2n) is 5.57. The maximum Gasteiger partial charge on any atom is 0.307 e. The molecule has 1 atom stereocenters. The van der Waals surface area contributed by atoms with Crippen molar-refractivity contribution in [2.75, 3.05) is 25.5 Å². The fraction of sp³-hybridized carbons (Fsp3) is 0.500. The number of esters is 1. The summed E-state index contributed by atoms with van der Waals surface area (Å²) >= 11 is 5.90. The van der Waals surface area contributed by atoms with Crippen molar-refractivity contribution in [1.29, 1.82) is 0 Å².